The highest BCUT2D eigenvalue weighted by atomic mass is 35.5. The third-order valence-electron chi connectivity index (χ3n) is 4.94. The van der Waals surface area contributed by atoms with Crippen LogP contribution in [0.25, 0.3) is 0 Å². The molecule has 0 aromatic heterocycles. The highest BCUT2D eigenvalue weighted by molar-refractivity contribution is 6.30. The van der Waals surface area contributed by atoms with Crippen molar-refractivity contribution < 1.29 is 23.1 Å². The van der Waals surface area contributed by atoms with Crippen molar-refractivity contribution >= 4 is 23.4 Å². The number of benzene rings is 2. The van der Waals surface area contributed by atoms with Crippen molar-refractivity contribution in [3.63, 3.8) is 0 Å². The Morgan fingerprint density at radius 3 is 2.47 bits per heavy atom. The van der Waals surface area contributed by atoms with Crippen molar-refractivity contribution in [1.82, 2.24) is 10.2 Å². The molecule has 1 heterocycles. The monoisotopic (exact) mass is 436 g/mol. The van der Waals surface area contributed by atoms with E-state index in [-0.39, 0.29) is 23.7 Å². The molecule has 0 radical (unpaired) electrons. The average Bonchev–Trinajstić information content (AvgIpc) is 2.74. The van der Waals surface area contributed by atoms with Crippen molar-refractivity contribution in [2.24, 2.45) is 0 Å². The van der Waals surface area contributed by atoms with Crippen LogP contribution in [0.4, 0.5) is 8.78 Å². The lowest BCUT2D eigenvalue weighted by Gasteiger charge is -2.32. The van der Waals surface area contributed by atoms with Gasteiger partial charge in [0.1, 0.15) is 11.9 Å². The normalized spacial score (nSPS) is 14.4. The summed E-state index contributed by atoms with van der Waals surface area (Å²) in [6, 6.07) is 9.82. The molecule has 30 heavy (non-hydrogen) atoms. The third kappa shape index (κ3) is 6.16. The summed E-state index contributed by atoms with van der Waals surface area (Å²) >= 11 is 5.80. The topological polar surface area (TPSA) is 58.6 Å². The van der Waals surface area contributed by atoms with Crippen LogP contribution in [0.1, 0.15) is 36.0 Å². The molecule has 5 nitrogen and oxygen atoms in total. The molecule has 0 spiro atoms. The van der Waals surface area contributed by atoms with E-state index in [1.165, 1.54) is 6.07 Å². The second kappa shape index (κ2) is 10.4. The van der Waals surface area contributed by atoms with Gasteiger partial charge in [0, 0.05) is 55.5 Å². The Kier molecular flexibility index (Phi) is 7.63. The van der Waals surface area contributed by atoms with Crippen LogP contribution in [0.3, 0.4) is 0 Å². The summed E-state index contributed by atoms with van der Waals surface area (Å²) in [5.74, 6) is -1.54. The Balaban J connectivity index is 1.35. The number of hydrogen-bond donors (Lipinski definition) is 1. The molecule has 0 bridgehead atoms. The molecule has 1 aliphatic rings. The molecule has 1 saturated heterocycles. The van der Waals surface area contributed by atoms with E-state index < -0.39 is 11.6 Å². The molecule has 8 heteroatoms. The quantitative estimate of drug-likeness (QED) is 0.662. The van der Waals surface area contributed by atoms with Crippen LogP contribution < -0.4 is 10.1 Å². The Morgan fingerprint density at radius 1 is 1.10 bits per heavy atom. The molecule has 1 N–H and O–H groups in total. The molecule has 1 fully saturated rings. The first-order valence-electron chi connectivity index (χ1n) is 9.85. The minimum atomic E-state index is -0.728. The minimum absolute atomic E-state index is 0.0159. The summed E-state index contributed by atoms with van der Waals surface area (Å²) in [4.78, 5) is 26.1. The van der Waals surface area contributed by atoms with E-state index >= 15 is 0 Å². The van der Waals surface area contributed by atoms with Gasteiger partial charge in [-0.05, 0) is 42.8 Å². The highest BCUT2D eigenvalue weighted by Gasteiger charge is 2.24. The van der Waals surface area contributed by atoms with Gasteiger partial charge < -0.3 is 15.0 Å². The molecule has 0 unspecified atom stereocenters. The van der Waals surface area contributed by atoms with Gasteiger partial charge in [0.2, 0.25) is 5.91 Å². The number of ether oxygens (including phenoxy) is 1. The lowest BCUT2D eigenvalue weighted by molar-refractivity contribution is -0.133. The molecule has 0 saturated carbocycles. The van der Waals surface area contributed by atoms with Crippen LogP contribution in [-0.4, -0.2) is 42.5 Å². The van der Waals surface area contributed by atoms with Gasteiger partial charge in [-0.25, -0.2) is 8.78 Å². The predicted molar refractivity (Wildman–Crippen MR) is 110 cm³/mol. The molecule has 160 valence electrons. The van der Waals surface area contributed by atoms with Crippen molar-refractivity contribution in [2.75, 3.05) is 19.6 Å². The number of rotatable bonds is 7. The molecular formula is C22H23ClF2N2O3. The Hall–Kier alpha value is -2.67. The van der Waals surface area contributed by atoms with Gasteiger partial charge in [-0.3, -0.25) is 9.59 Å². The van der Waals surface area contributed by atoms with Crippen molar-refractivity contribution in [1.29, 1.82) is 0 Å². The number of nitrogens with one attached hydrogen (secondary N) is 1. The van der Waals surface area contributed by atoms with E-state index in [0.717, 1.165) is 12.1 Å². The molecule has 2 aromatic rings. The standard InChI is InChI=1S/C22H23ClF2N2O3/c23-16-5-3-15(4-6-16)22(29)26-11-1-2-21(28)27-12-9-18(10-13-27)30-20-8-7-17(24)14-19(20)25/h3-8,14,18H,1-2,9-13H2,(H,26,29). The van der Waals surface area contributed by atoms with Crippen LogP contribution in [-0.2, 0) is 4.79 Å². The number of amides is 2. The zero-order valence-electron chi connectivity index (χ0n) is 16.4. The maximum absolute atomic E-state index is 13.7. The van der Waals surface area contributed by atoms with E-state index in [1.54, 1.807) is 29.2 Å². The van der Waals surface area contributed by atoms with Crippen LogP contribution in [0, 0.1) is 11.6 Å². The van der Waals surface area contributed by atoms with Gasteiger partial charge in [-0.2, -0.15) is 0 Å². The van der Waals surface area contributed by atoms with Gasteiger partial charge in [0.25, 0.3) is 5.91 Å². The van der Waals surface area contributed by atoms with E-state index in [1.807, 2.05) is 0 Å². The average molecular weight is 437 g/mol. The zero-order chi connectivity index (χ0) is 21.5. The fourth-order valence-corrected chi connectivity index (χ4v) is 3.40. The van der Waals surface area contributed by atoms with Gasteiger partial charge >= 0.3 is 0 Å². The Labute approximate surface area is 179 Å². The maximum atomic E-state index is 13.7. The summed E-state index contributed by atoms with van der Waals surface area (Å²) in [6.45, 7) is 1.43. The molecule has 2 amide bonds. The molecule has 1 aliphatic heterocycles. The van der Waals surface area contributed by atoms with Crippen LogP contribution in [0.15, 0.2) is 42.5 Å². The largest absolute Gasteiger partial charge is 0.487 e. The maximum Gasteiger partial charge on any atom is 0.251 e. The lowest BCUT2D eigenvalue weighted by atomic mass is 10.1. The summed E-state index contributed by atoms with van der Waals surface area (Å²) in [6.07, 6.45) is 1.81. The smallest absolute Gasteiger partial charge is 0.251 e. The zero-order valence-corrected chi connectivity index (χ0v) is 17.1. The first-order chi connectivity index (χ1) is 14.4. The summed E-state index contributed by atoms with van der Waals surface area (Å²) in [5, 5.41) is 3.35. The van der Waals surface area contributed by atoms with Crippen molar-refractivity contribution in [3.05, 3.63) is 64.7 Å². The fraction of sp³-hybridized carbons (Fsp3) is 0.364. The first-order valence-corrected chi connectivity index (χ1v) is 10.2. The minimum Gasteiger partial charge on any atom is -0.487 e. The first kappa shape index (κ1) is 22.0. The lowest BCUT2D eigenvalue weighted by Crippen LogP contribution is -2.42. The molecule has 0 atom stereocenters. The molecule has 2 aromatic carbocycles. The summed E-state index contributed by atoms with van der Waals surface area (Å²) in [7, 11) is 0. The number of carbonyl (C=O) groups is 2. The van der Waals surface area contributed by atoms with E-state index in [9.17, 15) is 18.4 Å². The van der Waals surface area contributed by atoms with E-state index in [2.05, 4.69) is 5.32 Å². The van der Waals surface area contributed by atoms with Crippen LogP contribution >= 0.6 is 11.6 Å². The molecular weight excluding hydrogens is 414 g/mol. The fourth-order valence-electron chi connectivity index (χ4n) is 3.28. The van der Waals surface area contributed by atoms with E-state index in [0.29, 0.717) is 55.9 Å². The number of likely N-dealkylation sites (tertiary alicyclic amines) is 1. The Morgan fingerprint density at radius 2 is 1.80 bits per heavy atom. The van der Waals surface area contributed by atoms with Crippen LogP contribution in [0.2, 0.25) is 5.02 Å². The van der Waals surface area contributed by atoms with Gasteiger partial charge in [-0.1, -0.05) is 11.6 Å². The highest BCUT2D eigenvalue weighted by Crippen LogP contribution is 2.23. The van der Waals surface area contributed by atoms with Gasteiger partial charge in [0.05, 0.1) is 0 Å². The summed E-state index contributed by atoms with van der Waals surface area (Å²) in [5.41, 5.74) is 0.519. The number of hydrogen-bond acceptors (Lipinski definition) is 3. The van der Waals surface area contributed by atoms with Gasteiger partial charge in [0.15, 0.2) is 11.6 Å². The Bertz CT molecular complexity index is 884. The number of halogens is 3. The second-order valence-corrected chi connectivity index (χ2v) is 7.58. The molecule has 0 aliphatic carbocycles. The predicted octanol–water partition coefficient (Wildman–Crippen LogP) is 4.20. The molecule has 3 rings (SSSR count). The second-order valence-electron chi connectivity index (χ2n) is 7.14. The van der Waals surface area contributed by atoms with Crippen molar-refractivity contribution in [2.45, 2.75) is 31.8 Å². The van der Waals surface area contributed by atoms with Gasteiger partial charge in [-0.15, -0.1) is 0 Å². The third-order valence-corrected chi connectivity index (χ3v) is 5.19. The van der Waals surface area contributed by atoms with Crippen molar-refractivity contribution in [3.8, 4) is 5.75 Å². The number of carbonyl (C=O) groups excluding carboxylic acids is 2. The van der Waals surface area contributed by atoms with Crippen LogP contribution in [0.5, 0.6) is 5.75 Å². The van der Waals surface area contributed by atoms with E-state index in [4.69, 9.17) is 16.3 Å². The number of nitrogens with zero attached hydrogens (tertiary/aromatic N) is 1. The number of piperidine rings is 1. The summed E-state index contributed by atoms with van der Waals surface area (Å²) < 4.78 is 32.3. The SMILES string of the molecule is O=C(NCCCC(=O)N1CCC(Oc2ccc(F)cc2F)CC1)c1ccc(Cl)cc1.